The molecule has 1 aromatic rings. The molecular weight excluding hydrogens is 203 g/mol. The summed E-state index contributed by atoms with van der Waals surface area (Å²) in [6, 6.07) is 0. The number of nitrogen functional groups attached to an aromatic ring is 1. The number of carbonyl (C=O) groups is 1. The van der Waals surface area contributed by atoms with Crippen LogP contribution in [0.3, 0.4) is 0 Å². The molecule has 78 valence electrons. The zero-order valence-electron chi connectivity index (χ0n) is 6.75. The Labute approximate surface area is 75.9 Å². The number of hydrazine groups is 1. The number of amides is 1. The molecule has 0 unspecified atom stereocenters. The first-order chi connectivity index (χ1) is 6.44. The van der Waals surface area contributed by atoms with E-state index in [1.807, 2.05) is 0 Å². The number of nitrogens with zero attached hydrogens (tertiary/aromatic N) is 3. The fraction of sp³-hybridized carbons (Fsp3) is 0.400. The molecule has 9 heteroatoms. The van der Waals surface area contributed by atoms with Gasteiger partial charge in [0.05, 0.1) is 0 Å². The Bertz CT molecular complexity index is 332. The second-order valence-electron chi connectivity index (χ2n) is 2.37. The highest BCUT2D eigenvalue weighted by Gasteiger charge is 2.30. The summed E-state index contributed by atoms with van der Waals surface area (Å²) in [4.78, 5) is 10.9. The van der Waals surface area contributed by atoms with E-state index in [1.54, 1.807) is 5.43 Å². The number of alkyl halides is 3. The van der Waals surface area contributed by atoms with Gasteiger partial charge in [0.25, 0.3) is 0 Å². The molecule has 0 bridgehead atoms. The third kappa shape index (κ3) is 2.42. The van der Waals surface area contributed by atoms with Gasteiger partial charge in [-0.25, -0.2) is 5.84 Å². The van der Waals surface area contributed by atoms with Gasteiger partial charge in [0.15, 0.2) is 0 Å². The fourth-order valence-electron chi connectivity index (χ4n) is 0.804. The Morgan fingerprint density at radius 2 is 2.29 bits per heavy atom. The lowest BCUT2D eigenvalue weighted by molar-refractivity contribution is -0.140. The van der Waals surface area contributed by atoms with Gasteiger partial charge in [-0.15, -0.1) is 10.2 Å². The lowest BCUT2D eigenvalue weighted by Gasteiger charge is -2.08. The van der Waals surface area contributed by atoms with Crippen LogP contribution in [0.25, 0.3) is 0 Å². The lowest BCUT2D eigenvalue weighted by atomic mass is 10.5. The van der Waals surface area contributed by atoms with E-state index in [9.17, 15) is 18.0 Å². The largest absolute Gasteiger partial charge is 0.406 e. The summed E-state index contributed by atoms with van der Waals surface area (Å²) in [5, 5.41) is 6.36. The van der Waals surface area contributed by atoms with Crippen LogP contribution in [0.1, 0.15) is 10.6 Å². The topological polar surface area (TPSA) is 85.8 Å². The van der Waals surface area contributed by atoms with Crippen molar-refractivity contribution in [1.29, 1.82) is 0 Å². The van der Waals surface area contributed by atoms with Gasteiger partial charge in [0.2, 0.25) is 5.82 Å². The van der Waals surface area contributed by atoms with E-state index < -0.39 is 24.5 Å². The van der Waals surface area contributed by atoms with Crippen LogP contribution in [0.4, 0.5) is 13.2 Å². The molecule has 0 aliphatic carbocycles. The van der Waals surface area contributed by atoms with Gasteiger partial charge in [-0.3, -0.25) is 10.2 Å². The van der Waals surface area contributed by atoms with Crippen LogP contribution >= 0.6 is 0 Å². The van der Waals surface area contributed by atoms with Crippen molar-refractivity contribution in [2.75, 3.05) is 0 Å². The van der Waals surface area contributed by atoms with Crippen molar-refractivity contribution in [2.24, 2.45) is 5.84 Å². The normalized spacial score (nSPS) is 11.4. The number of carbonyl (C=O) groups excluding carboxylic acids is 1. The second-order valence-corrected chi connectivity index (χ2v) is 2.37. The van der Waals surface area contributed by atoms with Gasteiger partial charge >= 0.3 is 12.1 Å². The molecule has 1 aromatic heterocycles. The predicted molar refractivity (Wildman–Crippen MR) is 37.7 cm³/mol. The highest BCUT2D eigenvalue weighted by Crippen LogP contribution is 2.17. The molecule has 0 aliphatic heterocycles. The third-order valence-electron chi connectivity index (χ3n) is 1.30. The fourth-order valence-corrected chi connectivity index (χ4v) is 0.804. The van der Waals surface area contributed by atoms with E-state index in [0.717, 1.165) is 6.33 Å². The molecular formula is C5H6F3N5O. The first-order valence-electron chi connectivity index (χ1n) is 3.39. The average Bonchev–Trinajstić information content (AvgIpc) is 2.48. The first-order valence-corrected chi connectivity index (χ1v) is 3.39. The monoisotopic (exact) mass is 209 g/mol. The van der Waals surface area contributed by atoms with E-state index >= 15 is 0 Å². The minimum atomic E-state index is -4.44. The Hall–Kier alpha value is -1.64. The van der Waals surface area contributed by atoms with Crippen LogP contribution in [0.2, 0.25) is 0 Å². The number of hydrogen-bond acceptors (Lipinski definition) is 4. The highest BCUT2D eigenvalue weighted by atomic mass is 19.4. The van der Waals surface area contributed by atoms with Crippen LogP contribution in [0, 0.1) is 0 Å². The van der Waals surface area contributed by atoms with Crippen molar-refractivity contribution < 1.29 is 18.0 Å². The molecule has 0 saturated heterocycles. The number of nitrogens with two attached hydrogens (primary N) is 1. The number of halogens is 3. The Morgan fingerprint density at radius 1 is 1.64 bits per heavy atom. The van der Waals surface area contributed by atoms with E-state index in [-0.39, 0.29) is 0 Å². The van der Waals surface area contributed by atoms with Crippen LogP contribution < -0.4 is 11.3 Å². The van der Waals surface area contributed by atoms with E-state index in [0.29, 0.717) is 4.57 Å². The van der Waals surface area contributed by atoms with Crippen LogP contribution in [-0.2, 0) is 6.54 Å². The summed E-state index contributed by atoms with van der Waals surface area (Å²) in [6.45, 7) is -1.33. The van der Waals surface area contributed by atoms with Crippen LogP contribution in [-0.4, -0.2) is 26.8 Å². The first kappa shape index (κ1) is 10.4. The van der Waals surface area contributed by atoms with Crippen LogP contribution in [0.15, 0.2) is 6.33 Å². The Kier molecular flexibility index (Phi) is 2.70. The van der Waals surface area contributed by atoms with Crippen molar-refractivity contribution in [3.05, 3.63) is 12.2 Å². The molecule has 3 N–H and O–H groups in total. The van der Waals surface area contributed by atoms with Gasteiger partial charge < -0.3 is 4.57 Å². The quantitative estimate of drug-likeness (QED) is 0.388. The smallest absolute Gasteiger partial charge is 0.300 e. The molecule has 1 amide bonds. The van der Waals surface area contributed by atoms with Crippen LogP contribution in [0.5, 0.6) is 0 Å². The summed E-state index contributed by atoms with van der Waals surface area (Å²) in [6.07, 6.45) is -3.63. The zero-order chi connectivity index (χ0) is 10.8. The molecule has 1 rings (SSSR count). The van der Waals surface area contributed by atoms with Crippen molar-refractivity contribution in [1.82, 2.24) is 20.2 Å². The lowest BCUT2D eigenvalue weighted by Crippen LogP contribution is -2.33. The molecule has 1 heterocycles. The summed E-state index contributed by atoms with van der Waals surface area (Å²) in [5.41, 5.74) is 1.66. The van der Waals surface area contributed by atoms with Gasteiger partial charge in [0.1, 0.15) is 12.9 Å². The predicted octanol–water partition coefficient (Wildman–Crippen LogP) is -0.556. The maximum Gasteiger partial charge on any atom is 0.406 e. The van der Waals surface area contributed by atoms with Gasteiger partial charge in [-0.05, 0) is 0 Å². The molecule has 0 radical (unpaired) electrons. The minimum absolute atomic E-state index is 0.482. The molecule has 6 nitrogen and oxygen atoms in total. The Balaban J connectivity index is 2.88. The molecule has 0 aliphatic rings. The van der Waals surface area contributed by atoms with E-state index in [4.69, 9.17) is 5.84 Å². The number of hydrogen-bond donors (Lipinski definition) is 2. The summed E-state index contributed by atoms with van der Waals surface area (Å²) < 4.78 is 36.3. The minimum Gasteiger partial charge on any atom is -0.300 e. The van der Waals surface area contributed by atoms with E-state index in [1.165, 1.54) is 0 Å². The average molecular weight is 209 g/mol. The number of rotatable bonds is 2. The summed E-state index contributed by atoms with van der Waals surface area (Å²) >= 11 is 0. The van der Waals surface area contributed by atoms with Crippen molar-refractivity contribution in [2.45, 2.75) is 12.7 Å². The van der Waals surface area contributed by atoms with Crippen molar-refractivity contribution in [3.63, 3.8) is 0 Å². The maximum atomic E-state index is 11.9. The standard InChI is InChI=1S/C5H6F3N5O/c6-5(7,8)1-13-2-10-12-3(13)4(14)11-9/h2H,1,9H2,(H,11,14). The maximum absolute atomic E-state index is 11.9. The molecule has 0 aromatic carbocycles. The molecule has 0 atom stereocenters. The second kappa shape index (κ2) is 3.62. The van der Waals surface area contributed by atoms with Crippen molar-refractivity contribution in [3.8, 4) is 0 Å². The SMILES string of the molecule is NNC(=O)c1nncn1CC(F)(F)F. The highest BCUT2D eigenvalue weighted by molar-refractivity contribution is 5.89. The number of nitrogens with one attached hydrogen (secondary N) is 1. The van der Waals surface area contributed by atoms with Gasteiger partial charge in [-0.1, -0.05) is 0 Å². The summed E-state index contributed by atoms with van der Waals surface area (Å²) in [7, 11) is 0. The molecule has 0 spiro atoms. The Morgan fingerprint density at radius 3 is 2.79 bits per heavy atom. The van der Waals surface area contributed by atoms with E-state index in [2.05, 4.69) is 10.2 Å². The molecule has 0 fully saturated rings. The summed E-state index contributed by atoms with van der Waals surface area (Å²) in [5.74, 6) is 3.33. The van der Waals surface area contributed by atoms with Crippen molar-refractivity contribution >= 4 is 5.91 Å². The van der Waals surface area contributed by atoms with Gasteiger partial charge in [0, 0.05) is 0 Å². The van der Waals surface area contributed by atoms with Gasteiger partial charge in [-0.2, -0.15) is 13.2 Å². The number of aromatic nitrogens is 3. The third-order valence-corrected chi connectivity index (χ3v) is 1.30. The molecule has 14 heavy (non-hydrogen) atoms. The zero-order valence-corrected chi connectivity index (χ0v) is 6.75. The molecule has 0 saturated carbocycles.